The first-order valence-corrected chi connectivity index (χ1v) is 7.25. The predicted octanol–water partition coefficient (Wildman–Crippen LogP) is 3.34. The molecule has 2 nitrogen and oxygen atoms in total. The van der Waals surface area contributed by atoms with E-state index in [1.807, 2.05) is 6.07 Å². The number of nitrogens with zero attached hydrogens (tertiary/aromatic N) is 1. The minimum Gasteiger partial charge on any atom is -0.310 e. The van der Waals surface area contributed by atoms with Gasteiger partial charge in [-0.25, -0.2) is 4.39 Å². The summed E-state index contributed by atoms with van der Waals surface area (Å²) in [6, 6.07) is 15.6. The predicted molar refractivity (Wildman–Crippen MR) is 80.2 cm³/mol. The third-order valence-corrected chi connectivity index (χ3v) is 4.09. The molecule has 1 aliphatic carbocycles. The molecule has 0 aromatic heterocycles. The summed E-state index contributed by atoms with van der Waals surface area (Å²) in [5.41, 5.74) is 3.93. The van der Waals surface area contributed by atoms with Crippen molar-refractivity contribution in [2.75, 3.05) is 0 Å². The molecule has 1 N–H and O–H groups in total. The lowest BCUT2D eigenvalue weighted by Crippen LogP contribution is -2.34. The van der Waals surface area contributed by atoms with Crippen molar-refractivity contribution in [2.45, 2.75) is 31.8 Å². The molecule has 1 aliphatic rings. The molecule has 1 unspecified atom stereocenters. The number of nitrogens with one attached hydrogen (secondary N) is 1. The molecule has 3 rings (SSSR count). The Kier molecular flexibility index (Phi) is 3.98. The van der Waals surface area contributed by atoms with Gasteiger partial charge in [0.05, 0.1) is 5.56 Å². The van der Waals surface area contributed by atoms with Gasteiger partial charge in [0.15, 0.2) is 0 Å². The van der Waals surface area contributed by atoms with Crippen LogP contribution in [0.15, 0.2) is 42.5 Å². The molecule has 2 aromatic carbocycles. The summed E-state index contributed by atoms with van der Waals surface area (Å²) < 4.78 is 13.3. The SMILES string of the molecule is N#Cc1cc(CNC2CCc3ccccc3C2)ccc1F. The van der Waals surface area contributed by atoms with E-state index in [-0.39, 0.29) is 5.56 Å². The summed E-state index contributed by atoms with van der Waals surface area (Å²) >= 11 is 0. The van der Waals surface area contributed by atoms with Crippen molar-refractivity contribution in [3.63, 3.8) is 0 Å². The molecule has 0 saturated heterocycles. The summed E-state index contributed by atoms with van der Waals surface area (Å²) in [6.45, 7) is 0.668. The second-order valence-corrected chi connectivity index (χ2v) is 5.52. The van der Waals surface area contributed by atoms with Gasteiger partial charge in [0.2, 0.25) is 0 Å². The molecule has 0 heterocycles. The molecule has 0 amide bonds. The molecule has 106 valence electrons. The van der Waals surface area contributed by atoms with Crippen molar-refractivity contribution < 1.29 is 4.39 Å². The third-order valence-electron chi connectivity index (χ3n) is 4.09. The van der Waals surface area contributed by atoms with Crippen LogP contribution in [0.5, 0.6) is 0 Å². The van der Waals surface area contributed by atoms with E-state index in [1.54, 1.807) is 12.1 Å². The number of hydrogen-bond donors (Lipinski definition) is 1. The second-order valence-electron chi connectivity index (χ2n) is 5.52. The van der Waals surface area contributed by atoms with Crippen molar-refractivity contribution in [1.29, 1.82) is 5.26 Å². The lowest BCUT2D eigenvalue weighted by molar-refractivity contribution is 0.457. The molecule has 3 heteroatoms. The number of hydrogen-bond acceptors (Lipinski definition) is 2. The van der Waals surface area contributed by atoms with E-state index >= 15 is 0 Å². The van der Waals surface area contributed by atoms with Gasteiger partial charge in [0.25, 0.3) is 0 Å². The maximum Gasteiger partial charge on any atom is 0.140 e. The molecule has 2 aromatic rings. The van der Waals surface area contributed by atoms with Crippen LogP contribution in [0.1, 0.15) is 28.7 Å². The minimum atomic E-state index is -0.451. The van der Waals surface area contributed by atoms with Crippen LogP contribution >= 0.6 is 0 Å². The number of rotatable bonds is 3. The van der Waals surface area contributed by atoms with E-state index in [2.05, 4.69) is 29.6 Å². The first kappa shape index (κ1) is 13.8. The van der Waals surface area contributed by atoms with Crippen molar-refractivity contribution >= 4 is 0 Å². The molecule has 0 bridgehead atoms. The Balaban J connectivity index is 1.63. The van der Waals surface area contributed by atoms with Crippen molar-refractivity contribution in [1.82, 2.24) is 5.32 Å². The van der Waals surface area contributed by atoms with Crippen LogP contribution in [0.3, 0.4) is 0 Å². The number of fused-ring (bicyclic) bond motifs is 1. The largest absolute Gasteiger partial charge is 0.310 e. The van der Waals surface area contributed by atoms with Crippen LogP contribution in [0.25, 0.3) is 0 Å². The van der Waals surface area contributed by atoms with E-state index in [4.69, 9.17) is 5.26 Å². The highest BCUT2D eigenvalue weighted by molar-refractivity contribution is 5.34. The smallest absolute Gasteiger partial charge is 0.140 e. The van der Waals surface area contributed by atoms with Gasteiger partial charge in [-0.15, -0.1) is 0 Å². The number of benzene rings is 2. The Morgan fingerprint density at radius 1 is 1.19 bits per heavy atom. The van der Waals surface area contributed by atoms with Gasteiger partial charge >= 0.3 is 0 Å². The van der Waals surface area contributed by atoms with Crippen molar-refractivity contribution in [3.05, 3.63) is 70.5 Å². The molecule has 0 radical (unpaired) electrons. The van der Waals surface area contributed by atoms with Crippen LogP contribution in [-0.2, 0) is 19.4 Å². The van der Waals surface area contributed by atoms with Gasteiger partial charge in [-0.3, -0.25) is 0 Å². The second kappa shape index (κ2) is 6.07. The standard InChI is InChI=1S/C18H17FN2/c19-18-8-5-13(9-16(18)11-20)12-21-17-7-6-14-3-1-2-4-15(14)10-17/h1-5,8-9,17,21H,6-7,10,12H2. The molecular formula is C18H17FN2. The molecule has 0 aliphatic heterocycles. The Morgan fingerprint density at radius 3 is 2.81 bits per heavy atom. The quantitative estimate of drug-likeness (QED) is 0.936. The highest BCUT2D eigenvalue weighted by atomic mass is 19.1. The maximum absolute atomic E-state index is 13.3. The summed E-state index contributed by atoms with van der Waals surface area (Å²) in [5, 5.41) is 12.4. The van der Waals surface area contributed by atoms with Gasteiger partial charge in [-0.1, -0.05) is 30.3 Å². The van der Waals surface area contributed by atoms with Crippen LogP contribution in [-0.4, -0.2) is 6.04 Å². The summed E-state index contributed by atoms with van der Waals surface area (Å²) in [7, 11) is 0. The van der Waals surface area contributed by atoms with Gasteiger partial charge in [-0.05, 0) is 48.1 Å². The van der Waals surface area contributed by atoms with E-state index in [9.17, 15) is 4.39 Å². The van der Waals surface area contributed by atoms with E-state index in [1.165, 1.54) is 17.2 Å². The molecule has 21 heavy (non-hydrogen) atoms. The van der Waals surface area contributed by atoms with Crippen molar-refractivity contribution in [2.24, 2.45) is 0 Å². The highest BCUT2D eigenvalue weighted by Gasteiger charge is 2.17. The van der Waals surface area contributed by atoms with Gasteiger partial charge in [-0.2, -0.15) is 5.26 Å². The number of aryl methyl sites for hydroxylation is 1. The molecular weight excluding hydrogens is 263 g/mol. The molecule has 0 spiro atoms. The summed E-state index contributed by atoms with van der Waals surface area (Å²) in [5.74, 6) is -0.451. The lowest BCUT2D eigenvalue weighted by Gasteiger charge is -2.25. The zero-order chi connectivity index (χ0) is 14.7. The monoisotopic (exact) mass is 280 g/mol. The normalized spacial score (nSPS) is 17.0. The number of nitriles is 1. The van der Waals surface area contributed by atoms with Crippen LogP contribution < -0.4 is 5.32 Å². The summed E-state index contributed by atoms with van der Waals surface area (Å²) in [6.07, 6.45) is 3.24. The fourth-order valence-corrected chi connectivity index (χ4v) is 2.90. The fourth-order valence-electron chi connectivity index (χ4n) is 2.90. The lowest BCUT2D eigenvalue weighted by atomic mass is 9.88. The minimum absolute atomic E-state index is 0.114. The van der Waals surface area contributed by atoms with E-state index < -0.39 is 5.82 Å². The molecule has 0 saturated carbocycles. The maximum atomic E-state index is 13.3. The average Bonchev–Trinajstić information content (AvgIpc) is 2.54. The highest BCUT2D eigenvalue weighted by Crippen LogP contribution is 2.21. The molecule has 1 atom stereocenters. The Bertz CT molecular complexity index is 688. The van der Waals surface area contributed by atoms with Crippen molar-refractivity contribution in [3.8, 4) is 6.07 Å². The molecule has 0 fully saturated rings. The Hall–Kier alpha value is -2.18. The Labute approximate surface area is 124 Å². The van der Waals surface area contributed by atoms with Gasteiger partial charge < -0.3 is 5.32 Å². The Morgan fingerprint density at radius 2 is 2.00 bits per heavy atom. The first-order valence-electron chi connectivity index (χ1n) is 7.25. The van der Waals surface area contributed by atoms with Crippen LogP contribution in [0, 0.1) is 17.1 Å². The third kappa shape index (κ3) is 3.12. The zero-order valence-electron chi connectivity index (χ0n) is 11.8. The van der Waals surface area contributed by atoms with E-state index in [0.717, 1.165) is 24.8 Å². The number of halogens is 1. The summed E-state index contributed by atoms with van der Waals surface area (Å²) in [4.78, 5) is 0. The topological polar surface area (TPSA) is 35.8 Å². The fraction of sp³-hybridized carbons (Fsp3) is 0.278. The van der Waals surface area contributed by atoms with Gasteiger partial charge in [0, 0.05) is 12.6 Å². The first-order chi connectivity index (χ1) is 10.3. The average molecular weight is 280 g/mol. The van der Waals surface area contributed by atoms with E-state index in [0.29, 0.717) is 12.6 Å². The zero-order valence-corrected chi connectivity index (χ0v) is 11.8. The van der Waals surface area contributed by atoms with Crippen LogP contribution in [0.4, 0.5) is 4.39 Å². The van der Waals surface area contributed by atoms with Crippen LogP contribution in [0.2, 0.25) is 0 Å². The van der Waals surface area contributed by atoms with Gasteiger partial charge in [0.1, 0.15) is 11.9 Å².